The molecule has 1 atom stereocenters. The number of hydrogen-bond donors (Lipinski definition) is 1. The molecule has 0 saturated carbocycles. The van der Waals surface area contributed by atoms with Crippen molar-refractivity contribution in [1.29, 1.82) is 0 Å². The predicted molar refractivity (Wildman–Crippen MR) is 82.6 cm³/mol. The summed E-state index contributed by atoms with van der Waals surface area (Å²) in [6.45, 7) is 6.26. The predicted octanol–water partition coefficient (Wildman–Crippen LogP) is 2.90. The lowest BCUT2D eigenvalue weighted by Crippen LogP contribution is -2.40. The second kappa shape index (κ2) is 6.89. The molecule has 1 aromatic rings. The van der Waals surface area contributed by atoms with Crippen molar-refractivity contribution in [3.05, 3.63) is 35.4 Å². The number of piperidine rings is 1. The zero-order valence-corrected chi connectivity index (χ0v) is 12.9. The van der Waals surface area contributed by atoms with E-state index in [2.05, 4.69) is 55.4 Å². The highest BCUT2D eigenvalue weighted by Gasteiger charge is 2.25. The summed E-state index contributed by atoms with van der Waals surface area (Å²) < 4.78 is 0. The molecule has 110 valence electrons. The van der Waals surface area contributed by atoms with Crippen LogP contribution in [0.2, 0.25) is 0 Å². The van der Waals surface area contributed by atoms with Crippen molar-refractivity contribution < 1.29 is 4.79 Å². The van der Waals surface area contributed by atoms with Gasteiger partial charge in [0.05, 0.1) is 6.04 Å². The number of nitrogens with zero attached hydrogens (tertiary/aromatic N) is 1. The van der Waals surface area contributed by atoms with E-state index in [0.29, 0.717) is 0 Å². The highest BCUT2D eigenvalue weighted by molar-refractivity contribution is 5.79. The van der Waals surface area contributed by atoms with E-state index in [-0.39, 0.29) is 17.9 Å². The summed E-state index contributed by atoms with van der Waals surface area (Å²) in [5.74, 6) is 0.413. The molecule has 3 heteroatoms. The van der Waals surface area contributed by atoms with Crippen LogP contribution in [0.1, 0.15) is 43.4 Å². The minimum Gasteiger partial charge on any atom is -0.349 e. The highest BCUT2D eigenvalue weighted by Crippen LogP contribution is 2.21. The molecule has 1 aromatic carbocycles. The maximum absolute atomic E-state index is 12.4. The fraction of sp³-hybridized carbons (Fsp3) is 0.588. The van der Waals surface area contributed by atoms with Crippen molar-refractivity contribution in [1.82, 2.24) is 10.2 Å². The maximum Gasteiger partial charge on any atom is 0.223 e. The standard InChI is InChI=1S/C17H26N2O/c1-4-16(14-7-5-13(2)6-8-14)18-17(20)15-9-11-19(3)12-10-15/h5-8,15-16H,4,9-12H2,1-3H3,(H,18,20). The van der Waals surface area contributed by atoms with Crippen molar-refractivity contribution in [3.8, 4) is 0 Å². The number of nitrogens with one attached hydrogen (secondary N) is 1. The van der Waals surface area contributed by atoms with Crippen LogP contribution in [0.4, 0.5) is 0 Å². The van der Waals surface area contributed by atoms with Crippen LogP contribution in [0.5, 0.6) is 0 Å². The van der Waals surface area contributed by atoms with E-state index in [1.807, 2.05) is 0 Å². The lowest BCUT2D eigenvalue weighted by Gasteiger charge is -2.29. The molecule has 0 radical (unpaired) electrons. The molecule has 1 aliphatic rings. The number of likely N-dealkylation sites (tertiary alicyclic amines) is 1. The first-order valence-corrected chi connectivity index (χ1v) is 7.65. The van der Waals surface area contributed by atoms with Crippen molar-refractivity contribution >= 4 is 5.91 Å². The number of benzene rings is 1. The molecule has 1 N–H and O–H groups in total. The van der Waals surface area contributed by atoms with Crippen LogP contribution in [0, 0.1) is 12.8 Å². The molecular formula is C17H26N2O. The topological polar surface area (TPSA) is 32.3 Å². The third-order valence-corrected chi connectivity index (χ3v) is 4.29. The van der Waals surface area contributed by atoms with Gasteiger partial charge in [-0.15, -0.1) is 0 Å². The molecule has 0 aromatic heterocycles. The third kappa shape index (κ3) is 3.83. The quantitative estimate of drug-likeness (QED) is 0.915. The number of aryl methyl sites for hydroxylation is 1. The van der Waals surface area contributed by atoms with Gasteiger partial charge in [-0.25, -0.2) is 0 Å². The van der Waals surface area contributed by atoms with Crippen molar-refractivity contribution in [3.63, 3.8) is 0 Å². The summed E-state index contributed by atoms with van der Waals surface area (Å²) >= 11 is 0. The molecular weight excluding hydrogens is 248 g/mol. The third-order valence-electron chi connectivity index (χ3n) is 4.29. The maximum atomic E-state index is 12.4. The van der Waals surface area contributed by atoms with Crippen LogP contribution in [0.25, 0.3) is 0 Å². The molecule has 0 aliphatic carbocycles. The first kappa shape index (κ1) is 15.0. The molecule has 1 aliphatic heterocycles. The summed E-state index contributed by atoms with van der Waals surface area (Å²) in [5, 5.41) is 3.23. The smallest absolute Gasteiger partial charge is 0.223 e. The summed E-state index contributed by atoms with van der Waals surface area (Å²) in [7, 11) is 2.12. The zero-order chi connectivity index (χ0) is 14.5. The Morgan fingerprint density at radius 1 is 1.30 bits per heavy atom. The molecule has 1 amide bonds. The Labute approximate surface area is 122 Å². The Balaban J connectivity index is 1.95. The van der Waals surface area contributed by atoms with Gasteiger partial charge in [-0.05, 0) is 51.9 Å². The minimum atomic E-state index is 0.141. The Hall–Kier alpha value is -1.35. The van der Waals surface area contributed by atoms with Crippen molar-refractivity contribution in [2.75, 3.05) is 20.1 Å². The van der Waals surface area contributed by atoms with E-state index >= 15 is 0 Å². The molecule has 2 rings (SSSR count). The lowest BCUT2D eigenvalue weighted by atomic mass is 9.95. The van der Waals surface area contributed by atoms with E-state index in [0.717, 1.165) is 32.4 Å². The molecule has 0 bridgehead atoms. The largest absolute Gasteiger partial charge is 0.349 e. The Bertz CT molecular complexity index is 433. The second-order valence-electron chi connectivity index (χ2n) is 5.96. The Kier molecular flexibility index (Phi) is 5.18. The van der Waals surface area contributed by atoms with Gasteiger partial charge in [0.25, 0.3) is 0 Å². The molecule has 1 saturated heterocycles. The summed E-state index contributed by atoms with van der Waals surface area (Å²) in [6, 6.07) is 8.61. The van der Waals surface area contributed by atoms with Crippen LogP contribution in [0.3, 0.4) is 0 Å². The summed E-state index contributed by atoms with van der Waals surface area (Å²) in [6.07, 6.45) is 2.89. The van der Waals surface area contributed by atoms with Gasteiger partial charge >= 0.3 is 0 Å². The Morgan fingerprint density at radius 3 is 2.45 bits per heavy atom. The van der Waals surface area contributed by atoms with Gasteiger partial charge in [0.2, 0.25) is 5.91 Å². The van der Waals surface area contributed by atoms with Crippen LogP contribution in [0.15, 0.2) is 24.3 Å². The van der Waals surface area contributed by atoms with Crippen LogP contribution < -0.4 is 5.32 Å². The van der Waals surface area contributed by atoms with Gasteiger partial charge in [0, 0.05) is 5.92 Å². The average Bonchev–Trinajstić information content (AvgIpc) is 2.46. The summed E-state index contributed by atoms with van der Waals surface area (Å²) in [5.41, 5.74) is 2.46. The highest BCUT2D eigenvalue weighted by atomic mass is 16.1. The number of hydrogen-bond acceptors (Lipinski definition) is 2. The van der Waals surface area contributed by atoms with E-state index in [9.17, 15) is 4.79 Å². The van der Waals surface area contributed by atoms with Crippen LogP contribution >= 0.6 is 0 Å². The number of carbonyl (C=O) groups excluding carboxylic acids is 1. The zero-order valence-electron chi connectivity index (χ0n) is 12.9. The normalized spacial score (nSPS) is 18.8. The van der Waals surface area contributed by atoms with Gasteiger partial charge in [-0.2, -0.15) is 0 Å². The van der Waals surface area contributed by atoms with Gasteiger partial charge in [0.1, 0.15) is 0 Å². The molecule has 3 nitrogen and oxygen atoms in total. The van der Waals surface area contributed by atoms with Crippen LogP contribution in [-0.4, -0.2) is 30.9 Å². The first-order valence-electron chi connectivity index (χ1n) is 7.65. The average molecular weight is 274 g/mol. The molecule has 1 unspecified atom stereocenters. The molecule has 0 spiro atoms. The van der Waals surface area contributed by atoms with Gasteiger partial charge < -0.3 is 10.2 Å². The van der Waals surface area contributed by atoms with Crippen molar-refractivity contribution in [2.45, 2.75) is 39.2 Å². The van der Waals surface area contributed by atoms with Crippen molar-refractivity contribution in [2.24, 2.45) is 5.92 Å². The molecule has 20 heavy (non-hydrogen) atoms. The molecule has 1 fully saturated rings. The monoisotopic (exact) mass is 274 g/mol. The second-order valence-corrected chi connectivity index (χ2v) is 5.96. The van der Waals surface area contributed by atoms with E-state index in [4.69, 9.17) is 0 Å². The van der Waals surface area contributed by atoms with Gasteiger partial charge in [-0.1, -0.05) is 36.8 Å². The van der Waals surface area contributed by atoms with Gasteiger partial charge in [-0.3, -0.25) is 4.79 Å². The van der Waals surface area contributed by atoms with Gasteiger partial charge in [0.15, 0.2) is 0 Å². The minimum absolute atomic E-state index is 0.141. The van der Waals surface area contributed by atoms with E-state index < -0.39 is 0 Å². The number of rotatable bonds is 4. The fourth-order valence-electron chi connectivity index (χ4n) is 2.78. The number of carbonyl (C=O) groups is 1. The summed E-state index contributed by atoms with van der Waals surface area (Å²) in [4.78, 5) is 14.7. The van der Waals surface area contributed by atoms with E-state index in [1.54, 1.807) is 0 Å². The molecule has 1 heterocycles. The SMILES string of the molecule is CCC(NC(=O)C1CCN(C)CC1)c1ccc(C)cc1. The first-order chi connectivity index (χ1) is 9.60. The van der Waals surface area contributed by atoms with Crippen LogP contribution in [-0.2, 0) is 4.79 Å². The van der Waals surface area contributed by atoms with E-state index in [1.165, 1.54) is 11.1 Å². The Morgan fingerprint density at radius 2 is 1.90 bits per heavy atom. The number of amides is 1. The lowest BCUT2D eigenvalue weighted by molar-refractivity contribution is -0.127. The fourth-order valence-corrected chi connectivity index (χ4v) is 2.78.